The zero-order valence-electron chi connectivity index (χ0n) is 11.0. The molecular weight excluding hydrogens is 260 g/mol. The summed E-state index contributed by atoms with van der Waals surface area (Å²) in [5.41, 5.74) is -0.359. The number of nitro groups is 1. The van der Waals surface area contributed by atoms with Crippen molar-refractivity contribution in [3.8, 4) is 6.07 Å². The molecule has 1 aliphatic carbocycles. The molecular formula is C13H16N4O3. The molecule has 106 valence electrons. The van der Waals surface area contributed by atoms with Crippen molar-refractivity contribution in [1.29, 1.82) is 5.26 Å². The molecule has 1 aliphatic rings. The van der Waals surface area contributed by atoms with Crippen LogP contribution in [-0.4, -0.2) is 27.2 Å². The third-order valence-corrected chi connectivity index (χ3v) is 3.53. The highest BCUT2D eigenvalue weighted by molar-refractivity contribution is 5.64. The van der Waals surface area contributed by atoms with E-state index in [2.05, 4.69) is 10.3 Å². The summed E-state index contributed by atoms with van der Waals surface area (Å²) in [5, 5.41) is 33.0. The molecule has 0 bridgehead atoms. The second-order valence-corrected chi connectivity index (χ2v) is 4.88. The lowest BCUT2D eigenvalue weighted by Gasteiger charge is -2.22. The van der Waals surface area contributed by atoms with Crippen molar-refractivity contribution >= 4 is 11.5 Å². The molecule has 2 unspecified atom stereocenters. The van der Waals surface area contributed by atoms with Crippen LogP contribution in [0.1, 0.15) is 37.7 Å². The number of nitriles is 1. The fourth-order valence-corrected chi connectivity index (χ4v) is 2.47. The van der Waals surface area contributed by atoms with Crippen LogP contribution in [0.3, 0.4) is 0 Å². The van der Waals surface area contributed by atoms with Gasteiger partial charge >= 0.3 is 5.69 Å². The number of aliphatic hydroxyl groups is 1. The Morgan fingerprint density at radius 2 is 2.20 bits per heavy atom. The number of pyridine rings is 1. The van der Waals surface area contributed by atoms with Gasteiger partial charge in [-0.1, -0.05) is 19.3 Å². The van der Waals surface area contributed by atoms with Crippen LogP contribution in [0, 0.1) is 21.4 Å². The molecule has 7 nitrogen and oxygen atoms in total. The minimum absolute atomic E-state index is 0.0318. The molecule has 2 atom stereocenters. The van der Waals surface area contributed by atoms with Crippen molar-refractivity contribution in [3.63, 3.8) is 0 Å². The van der Waals surface area contributed by atoms with E-state index in [9.17, 15) is 15.2 Å². The van der Waals surface area contributed by atoms with E-state index in [0.29, 0.717) is 6.42 Å². The molecule has 1 aromatic rings. The Morgan fingerprint density at radius 3 is 2.90 bits per heavy atom. The van der Waals surface area contributed by atoms with E-state index in [4.69, 9.17) is 5.26 Å². The summed E-state index contributed by atoms with van der Waals surface area (Å²) in [4.78, 5) is 14.4. The van der Waals surface area contributed by atoms with Gasteiger partial charge in [0.25, 0.3) is 0 Å². The molecule has 0 radical (unpaired) electrons. The summed E-state index contributed by atoms with van der Waals surface area (Å²) < 4.78 is 0. The minimum atomic E-state index is -0.614. The van der Waals surface area contributed by atoms with Gasteiger partial charge in [0.05, 0.1) is 17.1 Å². The number of hydrogen-bond donors (Lipinski definition) is 2. The van der Waals surface area contributed by atoms with Gasteiger partial charge in [-0.15, -0.1) is 0 Å². The Morgan fingerprint density at radius 1 is 1.45 bits per heavy atom. The molecule has 0 aliphatic heterocycles. The topological polar surface area (TPSA) is 112 Å². The number of aromatic nitrogens is 1. The maximum absolute atomic E-state index is 11.1. The number of rotatable bonds is 3. The van der Waals surface area contributed by atoms with E-state index < -0.39 is 11.0 Å². The first-order chi connectivity index (χ1) is 9.63. The summed E-state index contributed by atoms with van der Waals surface area (Å²) in [6.07, 6.45) is 5.16. The zero-order chi connectivity index (χ0) is 14.5. The Kier molecular flexibility index (Phi) is 4.48. The predicted molar refractivity (Wildman–Crippen MR) is 72.1 cm³/mol. The van der Waals surface area contributed by atoms with Crippen LogP contribution < -0.4 is 5.32 Å². The van der Waals surface area contributed by atoms with E-state index in [1.807, 2.05) is 0 Å². The predicted octanol–water partition coefficient (Wildman–Crippen LogP) is 1.97. The van der Waals surface area contributed by atoms with Crippen LogP contribution in [0.2, 0.25) is 0 Å². The highest BCUT2D eigenvalue weighted by Crippen LogP contribution is 2.28. The van der Waals surface area contributed by atoms with E-state index in [0.717, 1.165) is 25.7 Å². The van der Waals surface area contributed by atoms with Crippen LogP contribution >= 0.6 is 0 Å². The maximum Gasteiger partial charge on any atom is 0.328 e. The number of anilines is 1. The van der Waals surface area contributed by atoms with E-state index >= 15 is 0 Å². The van der Waals surface area contributed by atoms with E-state index in [-0.39, 0.29) is 23.1 Å². The van der Waals surface area contributed by atoms with Crippen molar-refractivity contribution in [1.82, 2.24) is 4.98 Å². The molecule has 2 rings (SSSR count). The van der Waals surface area contributed by atoms with Gasteiger partial charge in [-0.05, 0) is 18.9 Å². The largest absolute Gasteiger partial charge is 0.391 e. The van der Waals surface area contributed by atoms with Crippen molar-refractivity contribution in [2.24, 2.45) is 0 Å². The zero-order valence-corrected chi connectivity index (χ0v) is 11.0. The van der Waals surface area contributed by atoms with Gasteiger partial charge in [0.2, 0.25) is 5.82 Å². The Hall–Kier alpha value is -2.20. The molecule has 1 saturated carbocycles. The number of nitrogens with one attached hydrogen (secondary N) is 1. The summed E-state index contributed by atoms with van der Waals surface area (Å²) in [6, 6.07) is 2.84. The Balaban J connectivity index is 2.28. The fraction of sp³-hybridized carbons (Fsp3) is 0.538. The first kappa shape index (κ1) is 14.2. The molecule has 7 heteroatoms. The van der Waals surface area contributed by atoms with E-state index in [1.54, 1.807) is 6.07 Å². The van der Waals surface area contributed by atoms with Gasteiger partial charge in [0.1, 0.15) is 11.6 Å². The van der Waals surface area contributed by atoms with Gasteiger partial charge in [0.15, 0.2) is 0 Å². The smallest absolute Gasteiger partial charge is 0.328 e. The third kappa shape index (κ3) is 3.03. The third-order valence-electron chi connectivity index (χ3n) is 3.53. The SMILES string of the molecule is N#Cc1ccnc(NC2CCCCCC2O)c1[N+](=O)[O-]. The van der Waals surface area contributed by atoms with E-state index in [1.165, 1.54) is 12.3 Å². The Bertz CT molecular complexity index is 541. The van der Waals surface area contributed by atoms with Gasteiger partial charge < -0.3 is 10.4 Å². The van der Waals surface area contributed by atoms with Crippen LogP contribution in [0.4, 0.5) is 11.5 Å². The van der Waals surface area contributed by atoms with Crippen molar-refractivity contribution < 1.29 is 10.0 Å². The Labute approximate surface area is 116 Å². The number of hydrogen-bond acceptors (Lipinski definition) is 6. The fourth-order valence-electron chi connectivity index (χ4n) is 2.47. The average molecular weight is 276 g/mol. The second kappa shape index (κ2) is 6.30. The highest BCUT2D eigenvalue weighted by Gasteiger charge is 2.27. The maximum atomic E-state index is 11.1. The standard InChI is InChI=1S/C13H16N4O3/c14-8-9-6-7-15-13(12(9)17(19)20)16-10-4-2-1-3-5-11(10)18/h6-7,10-11,18H,1-5H2,(H,15,16). The minimum Gasteiger partial charge on any atom is -0.391 e. The number of nitrogens with zero attached hydrogens (tertiary/aromatic N) is 3. The molecule has 0 amide bonds. The highest BCUT2D eigenvalue weighted by atomic mass is 16.6. The van der Waals surface area contributed by atoms with Crippen LogP contribution in [0.5, 0.6) is 0 Å². The van der Waals surface area contributed by atoms with Crippen molar-refractivity contribution in [2.45, 2.75) is 44.2 Å². The molecule has 20 heavy (non-hydrogen) atoms. The molecule has 1 heterocycles. The average Bonchev–Trinajstić information content (AvgIpc) is 2.63. The number of aliphatic hydroxyl groups excluding tert-OH is 1. The van der Waals surface area contributed by atoms with Crippen molar-refractivity contribution in [2.75, 3.05) is 5.32 Å². The van der Waals surface area contributed by atoms with Gasteiger partial charge in [-0.3, -0.25) is 10.1 Å². The van der Waals surface area contributed by atoms with Gasteiger partial charge in [0, 0.05) is 6.20 Å². The van der Waals surface area contributed by atoms with Gasteiger partial charge in [-0.2, -0.15) is 5.26 Å². The monoisotopic (exact) mass is 276 g/mol. The second-order valence-electron chi connectivity index (χ2n) is 4.88. The first-order valence-electron chi connectivity index (χ1n) is 6.61. The van der Waals surface area contributed by atoms with Crippen molar-refractivity contribution in [3.05, 3.63) is 27.9 Å². The molecule has 0 saturated heterocycles. The van der Waals surface area contributed by atoms with Gasteiger partial charge in [-0.25, -0.2) is 4.98 Å². The quantitative estimate of drug-likeness (QED) is 0.496. The lowest BCUT2D eigenvalue weighted by Crippen LogP contribution is -2.33. The summed E-state index contributed by atoms with van der Waals surface area (Å²) in [5.74, 6) is 0.0556. The van der Waals surface area contributed by atoms with Crippen LogP contribution in [0.25, 0.3) is 0 Å². The summed E-state index contributed by atoms with van der Waals surface area (Å²) in [6.45, 7) is 0. The lowest BCUT2D eigenvalue weighted by atomic mass is 10.1. The summed E-state index contributed by atoms with van der Waals surface area (Å²) in [7, 11) is 0. The molecule has 2 N–H and O–H groups in total. The molecule has 0 aromatic carbocycles. The molecule has 1 aromatic heterocycles. The molecule has 1 fully saturated rings. The lowest BCUT2D eigenvalue weighted by molar-refractivity contribution is -0.384. The first-order valence-corrected chi connectivity index (χ1v) is 6.61. The van der Waals surface area contributed by atoms with Crippen LogP contribution in [0.15, 0.2) is 12.3 Å². The normalized spacial score (nSPS) is 22.6. The molecule has 0 spiro atoms. The van der Waals surface area contributed by atoms with Crippen LogP contribution in [-0.2, 0) is 0 Å². The summed E-state index contributed by atoms with van der Waals surface area (Å²) >= 11 is 0.